The van der Waals surface area contributed by atoms with Gasteiger partial charge >= 0.3 is 0 Å². The van der Waals surface area contributed by atoms with E-state index in [1.807, 2.05) is 4.90 Å². The highest BCUT2D eigenvalue weighted by molar-refractivity contribution is 7.91. The first-order valence-electron chi connectivity index (χ1n) is 7.19. The lowest BCUT2D eigenvalue weighted by Crippen LogP contribution is -2.30. The summed E-state index contributed by atoms with van der Waals surface area (Å²) in [5.41, 5.74) is 0.618. The van der Waals surface area contributed by atoms with Crippen LogP contribution >= 0.6 is 11.3 Å². The molecule has 1 saturated heterocycles. The average molecular weight is 358 g/mol. The Morgan fingerprint density at radius 2 is 2.09 bits per heavy atom. The number of sulfonamides is 1. The molecule has 0 amide bonds. The monoisotopic (exact) mass is 358 g/mol. The number of anilines is 1. The van der Waals surface area contributed by atoms with Crippen LogP contribution in [0, 0.1) is 17.6 Å². The second kappa shape index (κ2) is 6.54. The zero-order chi connectivity index (χ0) is 16.4. The Kier molecular flexibility index (Phi) is 4.65. The molecule has 124 valence electrons. The number of halogens is 2. The van der Waals surface area contributed by atoms with Gasteiger partial charge in [-0.05, 0) is 35.9 Å². The lowest BCUT2D eigenvalue weighted by atomic mass is 10.1. The van der Waals surface area contributed by atoms with E-state index in [-0.39, 0.29) is 5.92 Å². The van der Waals surface area contributed by atoms with Gasteiger partial charge in [0, 0.05) is 31.4 Å². The van der Waals surface area contributed by atoms with Crippen LogP contribution in [0.3, 0.4) is 0 Å². The van der Waals surface area contributed by atoms with Crippen molar-refractivity contribution in [3.05, 3.63) is 47.3 Å². The average Bonchev–Trinajstić information content (AvgIpc) is 3.19. The molecule has 0 bridgehead atoms. The molecule has 0 saturated carbocycles. The van der Waals surface area contributed by atoms with E-state index >= 15 is 0 Å². The molecule has 2 aromatic rings. The Morgan fingerprint density at radius 3 is 2.78 bits per heavy atom. The molecule has 1 aromatic carbocycles. The minimum absolute atomic E-state index is 0.137. The third kappa shape index (κ3) is 3.70. The van der Waals surface area contributed by atoms with E-state index in [9.17, 15) is 17.2 Å². The van der Waals surface area contributed by atoms with E-state index in [0.29, 0.717) is 29.5 Å². The minimum atomic E-state index is -3.46. The molecule has 1 aliphatic rings. The van der Waals surface area contributed by atoms with Crippen LogP contribution in [0.2, 0.25) is 0 Å². The molecule has 0 unspecified atom stereocenters. The fourth-order valence-corrected chi connectivity index (χ4v) is 4.78. The number of nitrogens with one attached hydrogen (secondary N) is 1. The molecule has 1 aromatic heterocycles. The van der Waals surface area contributed by atoms with Gasteiger partial charge in [0.25, 0.3) is 0 Å². The highest BCUT2D eigenvalue weighted by Gasteiger charge is 2.25. The minimum Gasteiger partial charge on any atom is -0.371 e. The molecule has 1 aliphatic heterocycles. The van der Waals surface area contributed by atoms with Gasteiger partial charge in [-0.25, -0.2) is 21.9 Å². The van der Waals surface area contributed by atoms with Crippen LogP contribution in [-0.2, 0) is 10.0 Å². The van der Waals surface area contributed by atoms with Crippen LogP contribution in [0.4, 0.5) is 14.5 Å². The second-order valence-electron chi connectivity index (χ2n) is 5.48. The first kappa shape index (κ1) is 16.4. The van der Waals surface area contributed by atoms with Gasteiger partial charge in [-0.1, -0.05) is 6.07 Å². The summed E-state index contributed by atoms with van der Waals surface area (Å²) in [6.45, 7) is 1.63. The van der Waals surface area contributed by atoms with Crippen LogP contribution in [0.1, 0.15) is 6.42 Å². The summed E-state index contributed by atoms with van der Waals surface area (Å²) < 4.78 is 53.4. The topological polar surface area (TPSA) is 49.4 Å². The molecule has 2 heterocycles. The fourth-order valence-electron chi connectivity index (χ4n) is 2.63. The number of hydrogen-bond acceptors (Lipinski definition) is 4. The maximum absolute atomic E-state index is 13.3. The van der Waals surface area contributed by atoms with Gasteiger partial charge in [-0.15, -0.1) is 11.3 Å². The molecular weight excluding hydrogens is 342 g/mol. The third-order valence-electron chi connectivity index (χ3n) is 3.88. The predicted molar refractivity (Wildman–Crippen MR) is 86.2 cm³/mol. The lowest BCUT2D eigenvalue weighted by molar-refractivity contribution is 0.508. The van der Waals surface area contributed by atoms with Crippen molar-refractivity contribution in [3.8, 4) is 0 Å². The van der Waals surface area contributed by atoms with Gasteiger partial charge in [0.15, 0.2) is 11.6 Å². The molecule has 4 nitrogen and oxygen atoms in total. The van der Waals surface area contributed by atoms with Gasteiger partial charge in [0.1, 0.15) is 4.21 Å². The van der Waals surface area contributed by atoms with Crippen molar-refractivity contribution in [1.82, 2.24) is 4.72 Å². The number of nitrogens with zero attached hydrogens (tertiary/aromatic N) is 1. The summed E-state index contributed by atoms with van der Waals surface area (Å²) in [5.74, 6) is -1.60. The molecule has 23 heavy (non-hydrogen) atoms. The van der Waals surface area contributed by atoms with E-state index in [0.717, 1.165) is 12.5 Å². The van der Waals surface area contributed by atoms with Crippen molar-refractivity contribution in [2.45, 2.75) is 10.6 Å². The summed E-state index contributed by atoms with van der Waals surface area (Å²) in [5, 5.41) is 1.72. The Balaban J connectivity index is 1.59. The number of benzene rings is 1. The Morgan fingerprint density at radius 1 is 1.26 bits per heavy atom. The van der Waals surface area contributed by atoms with E-state index in [1.54, 1.807) is 17.5 Å². The highest BCUT2D eigenvalue weighted by atomic mass is 32.2. The largest absolute Gasteiger partial charge is 0.371 e. The molecule has 1 atom stereocenters. The van der Waals surface area contributed by atoms with Crippen LogP contribution in [0.5, 0.6) is 0 Å². The number of hydrogen-bond donors (Lipinski definition) is 1. The van der Waals surface area contributed by atoms with Crippen LogP contribution in [0.25, 0.3) is 0 Å². The van der Waals surface area contributed by atoms with Gasteiger partial charge in [-0.3, -0.25) is 0 Å². The zero-order valence-corrected chi connectivity index (χ0v) is 13.8. The van der Waals surface area contributed by atoms with E-state index in [4.69, 9.17) is 0 Å². The van der Waals surface area contributed by atoms with Crippen LogP contribution in [0.15, 0.2) is 39.9 Å². The number of rotatable bonds is 5. The Hall–Kier alpha value is -1.51. The van der Waals surface area contributed by atoms with Crippen molar-refractivity contribution in [1.29, 1.82) is 0 Å². The summed E-state index contributed by atoms with van der Waals surface area (Å²) >= 11 is 1.17. The van der Waals surface area contributed by atoms with Gasteiger partial charge in [0.05, 0.1) is 0 Å². The normalized spacial score (nSPS) is 18.5. The predicted octanol–water partition coefficient (Wildman–Crippen LogP) is 2.83. The maximum Gasteiger partial charge on any atom is 0.250 e. The standard InChI is InChI=1S/C15H16F2N2O2S2/c16-13-4-3-12(8-14(13)17)19-6-5-11(10-19)9-18-23(20,21)15-2-1-7-22-15/h1-4,7-8,11,18H,5-6,9-10H2/t11-/m1/s1. The maximum atomic E-state index is 13.3. The highest BCUT2D eigenvalue weighted by Crippen LogP contribution is 2.25. The van der Waals surface area contributed by atoms with Crippen molar-refractivity contribution >= 4 is 27.0 Å². The Bertz CT molecular complexity index is 779. The van der Waals surface area contributed by atoms with Crippen LogP contribution < -0.4 is 9.62 Å². The SMILES string of the molecule is O=S(=O)(NC[C@H]1CCN(c2ccc(F)c(F)c2)C1)c1cccs1. The summed E-state index contributed by atoms with van der Waals surface area (Å²) in [6.07, 6.45) is 0.798. The van der Waals surface area contributed by atoms with Gasteiger partial charge < -0.3 is 4.90 Å². The smallest absolute Gasteiger partial charge is 0.250 e. The molecule has 0 spiro atoms. The first-order valence-corrected chi connectivity index (χ1v) is 9.55. The second-order valence-corrected chi connectivity index (χ2v) is 8.42. The number of thiophene rings is 1. The van der Waals surface area contributed by atoms with E-state index < -0.39 is 21.7 Å². The summed E-state index contributed by atoms with van der Waals surface area (Å²) in [6, 6.07) is 7.08. The van der Waals surface area contributed by atoms with Crippen molar-refractivity contribution in [2.75, 3.05) is 24.5 Å². The molecular formula is C15H16F2N2O2S2. The van der Waals surface area contributed by atoms with E-state index in [1.165, 1.54) is 23.5 Å². The Labute approximate surface area is 137 Å². The fraction of sp³-hybridized carbons (Fsp3) is 0.333. The van der Waals surface area contributed by atoms with Crippen LogP contribution in [-0.4, -0.2) is 28.1 Å². The molecule has 0 aliphatic carbocycles. The van der Waals surface area contributed by atoms with Crippen molar-refractivity contribution in [2.24, 2.45) is 5.92 Å². The first-order chi connectivity index (χ1) is 11.0. The summed E-state index contributed by atoms with van der Waals surface area (Å²) in [4.78, 5) is 1.94. The van der Waals surface area contributed by atoms with Gasteiger partial charge in [0.2, 0.25) is 10.0 Å². The zero-order valence-electron chi connectivity index (χ0n) is 12.2. The quantitative estimate of drug-likeness (QED) is 0.894. The molecule has 1 fully saturated rings. The molecule has 0 radical (unpaired) electrons. The molecule has 1 N–H and O–H groups in total. The molecule has 3 rings (SSSR count). The van der Waals surface area contributed by atoms with E-state index in [2.05, 4.69) is 4.72 Å². The van der Waals surface area contributed by atoms with Crippen molar-refractivity contribution < 1.29 is 17.2 Å². The summed E-state index contributed by atoms with van der Waals surface area (Å²) in [7, 11) is -3.46. The molecule has 8 heteroatoms. The van der Waals surface area contributed by atoms with Crippen molar-refractivity contribution in [3.63, 3.8) is 0 Å². The lowest BCUT2D eigenvalue weighted by Gasteiger charge is -2.19. The van der Waals surface area contributed by atoms with Gasteiger partial charge in [-0.2, -0.15) is 0 Å². The third-order valence-corrected chi connectivity index (χ3v) is 6.70.